The summed E-state index contributed by atoms with van der Waals surface area (Å²) in [5.74, 6) is 0. The average molecular weight is 330 g/mol. The van der Waals surface area contributed by atoms with Crippen molar-refractivity contribution in [2.24, 2.45) is 0 Å². The van der Waals surface area contributed by atoms with Crippen LogP contribution in [0.25, 0.3) is 21.8 Å². The quantitative estimate of drug-likeness (QED) is 0.757. The first-order valence-electron chi connectivity index (χ1n) is 7.94. The van der Waals surface area contributed by atoms with Gasteiger partial charge in [0.15, 0.2) is 9.84 Å². The molecule has 3 aromatic rings. The predicted octanol–water partition coefficient (Wildman–Crippen LogP) is 3.12. The molecular weight excluding hydrogens is 312 g/mol. The van der Waals surface area contributed by atoms with Gasteiger partial charge in [0.2, 0.25) is 0 Å². The molecule has 4 rings (SSSR count). The minimum atomic E-state index is -3.32. The second kappa shape index (κ2) is 5.23. The first kappa shape index (κ1) is 14.5. The summed E-state index contributed by atoms with van der Waals surface area (Å²) in [6.07, 6.45) is 6.26. The maximum Gasteiger partial charge on any atom is 0.272 e. The molecule has 2 aromatic heterocycles. The number of benzene rings is 1. The zero-order chi connectivity index (χ0) is 16.0. The molecule has 5 nitrogen and oxygen atoms in total. The van der Waals surface area contributed by atoms with Gasteiger partial charge < -0.3 is 9.97 Å². The third-order valence-electron chi connectivity index (χ3n) is 4.82. The van der Waals surface area contributed by atoms with Gasteiger partial charge in [0.05, 0.1) is 10.1 Å². The Balaban J connectivity index is 1.91. The monoisotopic (exact) mass is 330 g/mol. The van der Waals surface area contributed by atoms with Gasteiger partial charge in [0, 0.05) is 22.5 Å². The third kappa shape index (κ3) is 2.28. The summed E-state index contributed by atoms with van der Waals surface area (Å²) in [7, 11) is -3.32. The van der Waals surface area contributed by atoms with Gasteiger partial charge in [-0.25, -0.2) is 8.42 Å². The number of fused-ring (bicyclic) bond motifs is 3. The van der Waals surface area contributed by atoms with Gasteiger partial charge in [-0.1, -0.05) is 19.3 Å². The molecule has 0 saturated heterocycles. The van der Waals surface area contributed by atoms with E-state index in [1.165, 1.54) is 0 Å². The van der Waals surface area contributed by atoms with Crippen molar-refractivity contribution in [1.29, 1.82) is 0 Å². The highest BCUT2D eigenvalue weighted by Gasteiger charge is 2.29. The summed E-state index contributed by atoms with van der Waals surface area (Å²) >= 11 is 0. The molecule has 1 aromatic carbocycles. The number of rotatable bonds is 2. The Morgan fingerprint density at radius 2 is 1.78 bits per heavy atom. The van der Waals surface area contributed by atoms with E-state index >= 15 is 0 Å². The lowest BCUT2D eigenvalue weighted by atomic mass is 10.0. The van der Waals surface area contributed by atoms with Crippen molar-refractivity contribution in [3.8, 4) is 0 Å². The van der Waals surface area contributed by atoms with Gasteiger partial charge in [-0.3, -0.25) is 4.79 Å². The topological polar surface area (TPSA) is 82.8 Å². The van der Waals surface area contributed by atoms with Crippen LogP contribution in [0.15, 0.2) is 40.2 Å². The molecule has 120 valence electrons. The number of pyridine rings is 1. The van der Waals surface area contributed by atoms with E-state index in [0.29, 0.717) is 15.9 Å². The van der Waals surface area contributed by atoms with Crippen molar-refractivity contribution in [3.63, 3.8) is 0 Å². The largest absolute Gasteiger partial charge is 0.357 e. The predicted molar refractivity (Wildman–Crippen MR) is 90.5 cm³/mol. The summed E-state index contributed by atoms with van der Waals surface area (Å²) in [6, 6.07) is 6.81. The number of nitrogens with one attached hydrogen (secondary N) is 2. The lowest BCUT2D eigenvalue weighted by Crippen LogP contribution is -2.24. The number of H-pyrrole nitrogens is 2. The molecule has 1 saturated carbocycles. The van der Waals surface area contributed by atoms with E-state index in [2.05, 4.69) is 9.97 Å². The number of sulfone groups is 1. The molecular formula is C17H18N2O3S. The average Bonchev–Trinajstić information content (AvgIpc) is 3.06. The van der Waals surface area contributed by atoms with Crippen LogP contribution in [0, 0.1) is 0 Å². The Hall–Kier alpha value is -2.08. The van der Waals surface area contributed by atoms with Gasteiger partial charge >= 0.3 is 0 Å². The Kier molecular flexibility index (Phi) is 3.30. The molecule has 0 amide bonds. The molecule has 6 heteroatoms. The molecule has 0 radical (unpaired) electrons. The van der Waals surface area contributed by atoms with E-state index in [9.17, 15) is 13.2 Å². The van der Waals surface area contributed by atoms with Crippen LogP contribution >= 0.6 is 0 Å². The van der Waals surface area contributed by atoms with E-state index in [1.807, 2.05) is 6.07 Å². The fourth-order valence-corrected chi connectivity index (χ4v) is 5.45. The van der Waals surface area contributed by atoms with Crippen molar-refractivity contribution in [1.82, 2.24) is 9.97 Å². The Morgan fingerprint density at radius 1 is 1.00 bits per heavy atom. The zero-order valence-electron chi connectivity index (χ0n) is 12.6. The standard InChI is InChI=1S/C17H18N2O3S/c20-17-16-13(8-9-18-16)14-10-12(6-7-15(14)19-17)23(21,22)11-4-2-1-3-5-11/h6-11,18H,1-5H2,(H,19,20). The molecule has 2 heterocycles. The second-order valence-corrected chi connectivity index (χ2v) is 8.46. The molecule has 23 heavy (non-hydrogen) atoms. The van der Waals surface area contributed by atoms with Crippen LogP contribution < -0.4 is 5.56 Å². The summed E-state index contributed by atoms with van der Waals surface area (Å²) < 4.78 is 25.8. The first-order chi connectivity index (χ1) is 11.1. The van der Waals surface area contributed by atoms with Crippen molar-refractivity contribution in [3.05, 3.63) is 40.8 Å². The molecule has 2 N–H and O–H groups in total. The Bertz CT molecular complexity index is 1040. The third-order valence-corrected chi connectivity index (χ3v) is 7.08. The van der Waals surface area contributed by atoms with Crippen molar-refractivity contribution in [2.75, 3.05) is 0 Å². The van der Waals surface area contributed by atoms with Crippen LogP contribution in [0.3, 0.4) is 0 Å². The van der Waals surface area contributed by atoms with Gasteiger partial charge in [0.1, 0.15) is 5.52 Å². The van der Waals surface area contributed by atoms with Crippen molar-refractivity contribution >= 4 is 31.6 Å². The Morgan fingerprint density at radius 3 is 2.57 bits per heavy atom. The van der Waals surface area contributed by atoms with E-state index in [1.54, 1.807) is 24.4 Å². The zero-order valence-corrected chi connectivity index (χ0v) is 13.4. The number of aromatic nitrogens is 2. The normalized spacial score (nSPS) is 17.0. The first-order valence-corrected chi connectivity index (χ1v) is 9.49. The highest BCUT2D eigenvalue weighted by Crippen LogP contribution is 2.31. The van der Waals surface area contributed by atoms with E-state index in [4.69, 9.17) is 0 Å². The maximum atomic E-state index is 12.9. The Labute approximate surface area is 133 Å². The molecule has 0 bridgehead atoms. The van der Waals surface area contributed by atoms with Gasteiger partial charge in [-0.15, -0.1) is 0 Å². The molecule has 1 fully saturated rings. The highest BCUT2D eigenvalue weighted by molar-refractivity contribution is 7.92. The van der Waals surface area contributed by atoms with E-state index in [-0.39, 0.29) is 10.8 Å². The SMILES string of the molecule is O=c1[nH]c2ccc(S(=O)(=O)C3CCCCC3)cc2c2cc[nH]c12. The van der Waals surface area contributed by atoms with Crippen LogP contribution in [0.5, 0.6) is 0 Å². The van der Waals surface area contributed by atoms with Gasteiger partial charge in [0.25, 0.3) is 5.56 Å². The van der Waals surface area contributed by atoms with Gasteiger partial charge in [-0.05, 0) is 37.1 Å². The highest BCUT2D eigenvalue weighted by atomic mass is 32.2. The molecule has 0 aliphatic heterocycles. The second-order valence-electron chi connectivity index (χ2n) is 6.23. The summed E-state index contributed by atoms with van der Waals surface area (Å²) in [5, 5.41) is 1.24. The minimum Gasteiger partial charge on any atom is -0.357 e. The number of hydrogen-bond donors (Lipinski definition) is 2. The number of hydrogen-bond acceptors (Lipinski definition) is 3. The molecule has 0 atom stereocenters. The smallest absolute Gasteiger partial charge is 0.272 e. The van der Waals surface area contributed by atoms with Crippen molar-refractivity contribution in [2.45, 2.75) is 42.2 Å². The molecule has 0 spiro atoms. The molecule has 1 aliphatic carbocycles. The minimum absolute atomic E-state index is 0.194. The van der Waals surface area contributed by atoms with E-state index < -0.39 is 9.84 Å². The van der Waals surface area contributed by atoms with Gasteiger partial charge in [-0.2, -0.15) is 0 Å². The summed E-state index contributed by atoms with van der Waals surface area (Å²) in [6.45, 7) is 0. The van der Waals surface area contributed by atoms with Crippen LogP contribution in [0.2, 0.25) is 0 Å². The van der Waals surface area contributed by atoms with Crippen molar-refractivity contribution < 1.29 is 8.42 Å². The van der Waals surface area contributed by atoms with Crippen LogP contribution in [0.4, 0.5) is 0 Å². The number of aromatic amines is 2. The summed E-state index contributed by atoms with van der Waals surface area (Å²) in [4.78, 5) is 18.0. The maximum absolute atomic E-state index is 12.9. The van der Waals surface area contributed by atoms with Crippen LogP contribution in [-0.4, -0.2) is 23.6 Å². The van der Waals surface area contributed by atoms with E-state index in [0.717, 1.165) is 42.9 Å². The fraction of sp³-hybridized carbons (Fsp3) is 0.353. The summed E-state index contributed by atoms with van der Waals surface area (Å²) in [5.41, 5.74) is 0.940. The van der Waals surface area contributed by atoms with Crippen LogP contribution in [-0.2, 0) is 9.84 Å². The van der Waals surface area contributed by atoms with Crippen LogP contribution in [0.1, 0.15) is 32.1 Å². The molecule has 1 aliphatic rings. The lowest BCUT2D eigenvalue weighted by Gasteiger charge is -2.21. The molecule has 0 unspecified atom stereocenters. The lowest BCUT2D eigenvalue weighted by molar-refractivity contribution is 0.484. The fourth-order valence-electron chi connectivity index (χ4n) is 3.57.